The van der Waals surface area contributed by atoms with E-state index in [-0.39, 0.29) is 5.69 Å². The molecular formula is C25H21BrN2O4. The highest BCUT2D eigenvalue weighted by Gasteiger charge is 2.14. The summed E-state index contributed by atoms with van der Waals surface area (Å²) in [5.74, 6) is 1.11. The molecule has 0 bridgehead atoms. The number of ether oxygens (including phenoxy) is 2. The van der Waals surface area contributed by atoms with Crippen LogP contribution in [0, 0.1) is 28.4 Å². The summed E-state index contributed by atoms with van der Waals surface area (Å²) in [6.07, 6.45) is 1.66. The van der Waals surface area contributed by atoms with Crippen molar-refractivity contribution in [2.45, 2.75) is 20.5 Å². The second-order valence-electron chi connectivity index (χ2n) is 7.01. The van der Waals surface area contributed by atoms with Gasteiger partial charge in [-0.05, 0) is 64.7 Å². The van der Waals surface area contributed by atoms with Crippen molar-refractivity contribution < 1.29 is 14.4 Å². The summed E-state index contributed by atoms with van der Waals surface area (Å²) in [6, 6.07) is 19.8. The van der Waals surface area contributed by atoms with Crippen LogP contribution in [0.2, 0.25) is 0 Å². The molecule has 0 N–H and O–H groups in total. The van der Waals surface area contributed by atoms with E-state index in [1.54, 1.807) is 24.3 Å². The third-order valence-corrected chi connectivity index (χ3v) is 5.22. The zero-order chi connectivity index (χ0) is 23.1. The monoisotopic (exact) mass is 492 g/mol. The molecule has 0 amide bonds. The third kappa shape index (κ3) is 5.74. The molecule has 3 rings (SSSR count). The van der Waals surface area contributed by atoms with Gasteiger partial charge < -0.3 is 9.47 Å². The minimum absolute atomic E-state index is 0.0697. The van der Waals surface area contributed by atoms with E-state index >= 15 is 0 Å². The van der Waals surface area contributed by atoms with Gasteiger partial charge in [-0.1, -0.05) is 42.0 Å². The highest BCUT2D eigenvalue weighted by atomic mass is 79.9. The Labute approximate surface area is 195 Å². The Balaban J connectivity index is 1.93. The van der Waals surface area contributed by atoms with Crippen molar-refractivity contribution in [2.75, 3.05) is 6.61 Å². The first-order valence-corrected chi connectivity index (χ1v) is 10.7. The smallest absolute Gasteiger partial charge is 0.270 e. The molecule has 0 aliphatic heterocycles. The fraction of sp³-hybridized carbons (Fsp3) is 0.160. The molecule has 0 fully saturated rings. The van der Waals surface area contributed by atoms with Crippen LogP contribution in [0.3, 0.4) is 0 Å². The molecule has 0 aliphatic rings. The number of non-ortho nitro benzene ring substituents is 1. The molecule has 0 saturated heterocycles. The Kier molecular flexibility index (Phi) is 7.63. The third-order valence-electron chi connectivity index (χ3n) is 4.63. The van der Waals surface area contributed by atoms with E-state index in [0.29, 0.717) is 45.9 Å². The number of halogens is 1. The lowest BCUT2D eigenvalue weighted by Gasteiger charge is -2.15. The number of hydrogen-bond acceptors (Lipinski definition) is 5. The zero-order valence-electron chi connectivity index (χ0n) is 17.7. The number of aryl methyl sites for hydroxylation is 1. The van der Waals surface area contributed by atoms with Crippen LogP contribution >= 0.6 is 15.9 Å². The first kappa shape index (κ1) is 23.0. The Hall–Kier alpha value is -3.63. The predicted molar refractivity (Wildman–Crippen MR) is 127 cm³/mol. The first-order chi connectivity index (χ1) is 15.4. The summed E-state index contributed by atoms with van der Waals surface area (Å²) in [4.78, 5) is 10.6. The molecule has 162 valence electrons. The number of hydrogen-bond donors (Lipinski definition) is 0. The van der Waals surface area contributed by atoms with Crippen LogP contribution in [0.1, 0.15) is 29.2 Å². The van der Waals surface area contributed by atoms with Crippen molar-refractivity contribution in [1.29, 1.82) is 5.26 Å². The van der Waals surface area contributed by atoms with Crippen LogP contribution in [-0.4, -0.2) is 11.5 Å². The van der Waals surface area contributed by atoms with Crippen LogP contribution in [0.4, 0.5) is 5.69 Å². The summed E-state index contributed by atoms with van der Waals surface area (Å²) in [7, 11) is 0. The predicted octanol–water partition coefficient (Wildman–Crippen LogP) is 6.71. The summed E-state index contributed by atoms with van der Waals surface area (Å²) < 4.78 is 12.5. The maximum absolute atomic E-state index is 11.1. The summed E-state index contributed by atoms with van der Waals surface area (Å²) >= 11 is 3.55. The van der Waals surface area contributed by atoms with Crippen LogP contribution in [0.5, 0.6) is 11.5 Å². The fourth-order valence-electron chi connectivity index (χ4n) is 3.05. The number of rotatable bonds is 8. The number of allylic oxidation sites excluding steroid dienone is 1. The topological polar surface area (TPSA) is 85.4 Å². The van der Waals surface area contributed by atoms with Crippen LogP contribution in [0.15, 0.2) is 65.1 Å². The van der Waals surface area contributed by atoms with Crippen LogP contribution in [-0.2, 0) is 6.61 Å². The molecule has 0 heterocycles. The lowest BCUT2D eigenvalue weighted by molar-refractivity contribution is -0.384. The number of nitriles is 1. The van der Waals surface area contributed by atoms with Gasteiger partial charge in [0.15, 0.2) is 11.5 Å². The van der Waals surface area contributed by atoms with Crippen molar-refractivity contribution in [3.63, 3.8) is 0 Å². The van der Waals surface area contributed by atoms with Crippen molar-refractivity contribution >= 4 is 33.3 Å². The molecular weight excluding hydrogens is 472 g/mol. The van der Waals surface area contributed by atoms with E-state index in [1.165, 1.54) is 17.7 Å². The summed E-state index contributed by atoms with van der Waals surface area (Å²) in [6.45, 7) is 4.73. The van der Waals surface area contributed by atoms with E-state index in [2.05, 4.69) is 22.0 Å². The van der Waals surface area contributed by atoms with Gasteiger partial charge in [-0.2, -0.15) is 5.26 Å². The molecule has 0 atom stereocenters. The van der Waals surface area contributed by atoms with E-state index in [1.807, 2.05) is 44.2 Å². The number of nitro groups is 1. The number of nitro benzene ring substituents is 1. The zero-order valence-corrected chi connectivity index (χ0v) is 19.3. The van der Waals surface area contributed by atoms with Gasteiger partial charge in [-0.15, -0.1) is 0 Å². The molecule has 0 radical (unpaired) electrons. The second kappa shape index (κ2) is 10.6. The molecule has 3 aromatic rings. The molecule has 0 saturated carbocycles. The highest BCUT2D eigenvalue weighted by molar-refractivity contribution is 9.10. The maximum atomic E-state index is 11.1. The standard InChI is InChI=1S/C25H21BrN2O4/c1-3-31-24-13-19(11-21(15-27)20-5-4-6-22(14-20)28(29)30)12-23(26)25(24)32-16-18-9-7-17(2)8-10-18/h4-14H,3,16H2,1-2H3/b21-11-. The average Bonchev–Trinajstić information content (AvgIpc) is 2.78. The van der Waals surface area contributed by atoms with Gasteiger partial charge in [0.25, 0.3) is 5.69 Å². The second-order valence-corrected chi connectivity index (χ2v) is 7.87. The maximum Gasteiger partial charge on any atom is 0.270 e. The van der Waals surface area contributed by atoms with Crippen LogP contribution < -0.4 is 9.47 Å². The van der Waals surface area contributed by atoms with Crippen molar-refractivity contribution in [2.24, 2.45) is 0 Å². The molecule has 32 heavy (non-hydrogen) atoms. The van der Waals surface area contributed by atoms with Gasteiger partial charge in [-0.25, -0.2) is 0 Å². The number of benzene rings is 3. The molecule has 7 heteroatoms. The van der Waals surface area contributed by atoms with Gasteiger partial charge in [0.1, 0.15) is 6.61 Å². The largest absolute Gasteiger partial charge is 0.490 e. The van der Waals surface area contributed by atoms with E-state index in [0.717, 1.165) is 5.56 Å². The van der Waals surface area contributed by atoms with Gasteiger partial charge in [-0.3, -0.25) is 10.1 Å². The van der Waals surface area contributed by atoms with Gasteiger partial charge in [0.2, 0.25) is 0 Å². The molecule has 3 aromatic carbocycles. The number of nitrogens with zero attached hydrogens (tertiary/aromatic N) is 2. The molecule has 6 nitrogen and oxygen atoms in total. The average molecular weight is 493 g/mol. The Morgan fingerprint density at radius 1 is 1.16 bits per heavy atom. The lowest BCUT2D eigenvalue weighted by atomic mass is 10.0. The first-order valence-electron chi connectivity index (χ1n) is 9.92. The minimum Gasteiger partial charge on any atom is -0.490 e. The minimum atomic E-state index is -0.484. The van der Waals surface area contributed by atoms with Crippen molar-refractivity contribution in [3.8, 4) is 17.6 Å². The fourth-order valence-corrected chi connectivity index (χ4v) is 3.62. The van der Waals surface area contributed by atoms with Gasteiger partial charge >= 0.3 is 0 Å². The quantitative estimate of drug-likeness (QED) is 0.151. The van der Waals surface area contributed by atoms with E-state index in [4.69, 9.17) is 9.47 Å². The lowest BCUT2D eigenvalue weighted by Crippen LogP contribution is -2.01. The molecule has 0 unspecified atom stereocenters. The van der Waals surface area contributed by atoms with Crippen molar-refractivity contribution in [1.82, 2.24) is 0 Å². The normalized spacial score (nSPS) is 11.0. The SMILES string of the molecule is CCOc1cc(/C=C(/C#N)c2cccc([N+](=O)[O-])c2)cc(Br)c1OCc1ccc(C)cc1. The van der Waals surface area contributed by atoms with E-state index in [9.17, 15) is 15.4 Å². The Morgan fingerprint density at radius 2 is 1.91 bits per heavy atom. The molecule has 0 aliphatic carbocycles. The van der Waals surface area contributed by atoms with Gasteiger partial charge in [0, 0.05) is 12.1 Å². The Morgan fingerprint density at radius 3 is 2.56 bits per heavy atom. The summed E-state index contributed by atoms with van der Waals surface area (Å²) in [5.41, 5.74) is 3.61. The molecule has 0 aromatic heterocycles. The molecule has 0 spiro atoms. The Bertz CT molecular complexity index is 1200. The van der Waals surface area contributed by atoms with Gasteiger partial charge in [0.05, 0.1) is 27.6 Å². The van der Waals surface area contributed by atoms with E-state index < -0.39 is 4.92 Å². The van der Waals surface area contributed by atoms with Crippen molar-refractivity contribution in [3.05, 3.63) is 97.5 Å². The highest BCUT2D eigenvalue weighted by Crippen LogP contribution is 2.38. The summed E-state index contributed by atoms with van der Waals surface area (Å²) in [5, 5.41) is 20.7. The van der Waals surface area contributed by atoms with Crippen LogP contribution in [0.25, 0.3) is 11.6 Å².